The van der Waals surface area contributed by atoms with Gasteiger partial charge >= 0.3 is 0 Å². The van der Waals surface area contributed by atoms with Crippen LogP contribution in [0.1, 0.15) is 32.8 Å². The van der Waals surface area contributed by atoms with E-state index in [2.05, 4.69) is 80.0 Å². The highest BCUT2D eigenvalue weighted by molar-refractivity contribution is 6.79. The summed E-state index contributed by atoms with van der Waals surface area (Å²) in [6.07, 6.45) is 5.94. The van der Waals surface area contributed by atoms with Gasteiger partial charge in [-0.3, -0.25) is 0 Å². The Morgan fingerprint density at radius 1 is 1.14 bits per heavy atom. The molecule has 22 heavy (non-hydrogen) atoms. The summed E-state index contributed by atoms with van der Waals surface area (Å²) in [5, 5.41) is 5.16. The van der Waals surface area contributed by atoms with E-state index in [1.807, 2.05) is 0 Å². The summed E-state index contributed by atoms with van der Waals surface area (Å²) in [6.45, 7) is 14.2. The molecule has 0 bridgehead atoms. The van der Waals surface area contributed by atoms with Crippen molar-refractivity contribution in [3.63, 3.8) is 0 Å². The number of hydrogen-bond acceptors (Lipinski definition) is 1. The number of nitrogens with zero attached hydrogens (tertiary/aromatic N) is 1. The number of nitrogens with one attached hydrogen (secondary N) is 1. The first-order valence-electron chi connectivity index (χ1n) is 8.33. The molecule has 1 N–H and O–H groups in total. The zero-order valence-electron chi connectivity index (χ0n) is 14.5. The maximum Gasteiger partial charge on any atom is 0.161 e. The number of rotatable bonds is 2. The SMILES string of the molecule is CC(C)(C)[Si](C)(C)n1cc(C2=CCNCC2)c2ccccc21. The molecule has 2 aromatic rings. The van der Waals surface area contributed by atoms with Gasteiger partial charge in [0.25, 0.3) is 0 Å². The summed E-state index contributed by atoms with van der Waals surface area (Å²) < 4.78 is 2.63. The van der Waals surface area contributed by atoms with E-state index < -0.39 is 8.24 Å². The first-order chi connectivity index (χ1) is 10.3. The third-order valence-corrected chi connectivity index (χ3v) is 10.8. The number of para-hydroxylation sites is 1. The van der Waals surface area contributed by atoms with Gasteiger partial charge in [-0.05, 0) is 29.6 Å². The lowest BCUT2D eigenvalue weighted by Crippen LogP contribution is -2.44. The minimum Gasteiger partial charge on any atom is -0.373 e. The molecule has 1 aromatic carbocycles. The average molecular weight is 313 g/mol. The van der Waals surface area contributed by atoms with Crippen molar-refractivity contribution in [3.8, 4) is 0 Å². The highest BCUT2D eigenvalue weighted by atomic mass is 28.3. The van der Waals surface area contributed by atoms with Crippen molar-refractivity contribution in [2.75, 3.05) is 13.1 Å². The summed E-state index contributed by atoms with van der Waals surface area (Å²) in [7, 11) is -1.61. The number of fused-ring (bicyclic) bond motifs is 1. The van der Waals surface area contributed by atoms with Crippen molar-refractivity contribution >= 4 is 24.7 Å². The first-order valence-corrected chi connectivity index (χ1v) is 11.3. The Bertz CT molecular complexity index is 717. The Hall–Kier alpha value is -1.32. The quantitative estimate of drug-likeness (QED) is 0.783. The van der Waals surface area contributed by atoms with Gasteiger partial charge < -0.3 is 9.55 Å². The van der Waals surface area contributed by atoms with Crippen LogP contribution in [0.25, 0.3) is 16.5 Å². The van der Waals surface area contributed by atoms with Crippen molar-refractivity contribution in [1.82, 2.24) is 9.55 Å². The fraction of sp³-hybridized carbons (Fsp3) is 0.474. The molecule has 0 radical (unpaired) electrons. The maximum atomic E-state index is 3.42. The summed E-state index contributed by atoms with van der Waals surface area (Å²) >= 11 is 0. The molecular weight excluding hydrogens is 284 g/mol. The van der Waals surface area contributed by atoms with Crippen LogP contribution in [0.3, 0.4) is 0 Å². The monoisotopic (exact) mass is 312 g/mol. The molecule has 3 rings (SSSR count). The normalized spacial score (nSPS) is 16.9. The van der Waals surface area contributed by atoms with E-state index in [0.717, 1.165) is 19.5 Å². The van der Waals surface area contributed by atoms with Gasteiger partial charge in [0.1, 0.15) is 0 Å². The molecule has 3 heteroatoms. The molecule has 0 unspecified atom stereocenters. The van der Waals surface area contributed by atoms with E-state index in [9.17, 15) is 0 Å². The molecule has 0 atom stereocenters. The van der Waals surface area contributed by atoms with Crippen molar-refractivity contribution in [1.29, 1.82) is 0 Å². The molecule has 1 aliphatic rings. The minimum absolute atomic E-state index is 0.328. The van der Waals surface area contributed by atoms with Crippen LogP contribution in [0.4, 0.5) is 0 Å². The minimum atomic E-state index is -1.61. The molecule has 0 aliphatic carbocycles. The zero-order chi connectivity index (χ0) is 16.0. The molecule has 2 nitrogen and oxygen atoms in total. The largest absolute Gasteiger partial charge is 0.373 e. The van der Waals surface area contributed by atoms with Crippen molar-refractivity contribution in [2.45, 2.75) is 45.3 Å². The van der Waals surface area contributed by atoms with Gasteiger partial charge in [-0.25, -0.2) is 0 Å². The lowest BCUT2D eigenvalue weighted by molar-refractivity contribution is 0.702. The van der Waals surface area contributed by atoms with Crippen LogP contribution < -0.4 is 5.32 Å². The average Bonchev–Trinajstić information content (AvgIpc) is 2.87. The van der Waals surface area contributed by atoms with E-state index in [-0.39, 0.29) is 0 Å². The Morgan fingerprint density at radius 2 is 1.86 bits per heavy atom. The lowest BCUT2D eigenvalue weighted by atomic mass is 10.00. The fourth-order valence-corrected chi connectivity index (χ4v) is 5.10. The van der Waals surface area contributed by atoms with Gasteiger partial charge in [0, 0.05) is 29.2 Å². The fourth-order valence-electron chi connectivity index (χ4n) is 3.13. The van der Waals surface area contributed by atoms with E-state index >= 15 is 0 Å². The van der Waals surface area contributed by atoms with E-state index in [4.69, 9.17) is 0 Å². The number of aromatic nitrogens is 1. The molecule has 0 spiro atoms. The molecule has 0 saturated heterocycles. The van der Waals surface area contributed by atoms with Crippen LogP contribution in [-0.2, 0) is 0 Å². The first kappa shape index (κ1) is 15.6. The molecule has 1 aromatic heterocycles. The molecule has 0 amide bonds. The highest BCUT2D eigenvalue weighted by Gasteiger charge is 2.38. The second-order valence-electron chi connectivity index (χ2n) is 7.92. The third-order valence-electron chi connectivity index (χ3n) is 5.56. The number of hydrogen-bond donors (Lipinski definition) is 1. The predicted octanol–water partition coefficient (Wildman–Crippen LogP) is 4.87. The lowest BCUT2D eigenvalue weighted by Gasteiger charge is -2.38. The predicted molar refractivity (Wildman–Crippen MR) is 100.0 cm³/mol. The third kappa shape index (κ3) is 2.46. The van der Waals surface area contributed by atoms with Gasteiger partial charge in [-0.1, -0.05) is 58.1 Å². The van der Waals surface area contributed by atoms with E-state index in [1.54, 1.807) is 0 Å². The van der Waals surface area contributed by atoms with Crippen LogP contribution >= 0.6 is 0 Å². The van der Waals surface area contributed by atoms with Gasteiger partial charge in [-0.15, -0.1) is 0 Å². The second-order valence-corrected chi connectivity index (χ2v) is 13.0. The Balaban J connectivity index is 2.23. The topological polar surface area (TPSA) is 17.0 Å². The van der Waals surface area contributed by atoms with Crippen LogP contribution in [0.2, 0.25) is 18.1 Å². The smallest absolute Gasteiger partial charge is 0.161 e. The Morgan fingerprint density at radius 3 is 2.50 bits per heavy atom. The van der Waals surface area contributed by atoms with Crippen LogP contribution in [0.5, 0.6) is 0 Å². The van der Waals surface area contributed by atoms with E-state index in [1.165, 1.54) is 22.0 Å². The molecule has 0 fully saturated rings. The van der Waals surface area contributed by atoms with Crippen LogP contribution in [-0.4, -0.2) is 25.6 Å². The summed E-state index contributed by atoms with van der Waals surface area (Å²) in [5.74, 6) is 0. The summed E-state index contributed by atoms with van der Waals surface area (Å²) in [4.78, 5) is 0. The van der Waals surface area contributed by atoms with Gasteiger partial charge in [0.15, 0.2) is 8.24 Å². The van der Waals surface area contributed by atoms with Crippen molar-refractivity contribution in [2.24, 2.45) is 0 Å². The molecule has 1 aliphatic heterocycles. The van der Waals surface area contributed by atoms with E-state index in [0.29, 0.717) is 5.04 Å². The molecule has 118 valence electrons. The van der Waals surface area contributed by atoms with Crippen molar-refractivity contribution in [3.05, 3.63) is 42.1 Å². The Kier molecular flexibility index (Phi) is 3.82. The van der Waals surface area contributed by atoms with Gasteiger partial charge in [0.2, 0.25) is 0 Å². The van der Waals surface area contributed by atoms with Gasteiger partial charge in [0.05, 0.1) is 0 Å². The highest BCUT2D eigenvalue weighted by Crippen LogP contribution is 2.41. The summed E-state index contributed by atoms with van der Waals surface area (Å²) in [5.41, 5.74) is 4.36. The number of benzene rings is 1. The molecule has 0 saturated carbocycles. The second kappa shape index (κ2) is 5.39. The van der Waals surface area contributed by atoms with Crippen LogP contribution in [0.15, 0.2) is 36.5 Å². The van der Waals surface area contributed by atoms with Crippen LogP contribution in [0, 0.1) is 0 Å². The zero-order valence-corrected chi connectivity index (χ0v) is 15.5. The molecular formula is C19H28N2Si. The summed E-state index contributed by atoms with van der Waals surface area (Å²) in [6, 6.07) is 8.92. The Labute approximate surface area is 135 Å². The standard InChI is InChI=1S/C19H28N2Si/c1-19(2,3)22(4,5)21-14-17(15-10-12-20-13-11-15)16-8-6-7-9-18(16)21/h6-10,14,20H,11-13H2,1-5H3. The van der Waals surface area contributed by atoms with Gasteiger partial charge in [-0.2, -0.15) is 0 Å². The van der Waals surface area contributed by atoms with Crippen molar-refractivity contribution < 1.29 is 0 Å². The molecule has 2 heterocycles. The maximum absolute atomic E-state index is 3.42.